The maximum Gasteiger partial charge on any atom is 0.185 e. The molecule has 5 heteroatoms. The Kier molecular flexibility index (Phi) is 3.57. The van der Waals surface area contributed by atoms with Crippen molar-refractivity contribution in [1.82, 2.24) is 5.32 Å². The molecule has 1 aromatic rings. The van der Waals surface area contributed by atoms with Gasteiger partial charge in [0.2, 0.25) is 0 Å². The number of fused-ring (bicyclic) bond motifs is 3. The molecule has 3 atom stereocenters. The van der Waals surface area contributed by atoms with Crippen LogP contribution in [-0.4, -0.2) is 45.2 Å². The van der Waals surface area contributed by atoms with Crippen molar-refractivity contribution in [3.05, 3.63) is 24.3 Å². The fourth-order valence-electron chi connectivity index (χ4n) is 2.93. The fourth-order valence-corrected chi connectivity index (χ4v) is 2.93. The number of nitrogens with zero attached hydrogens (tertiary/aromatic N) is 1. The zero-order valence-corrected chi connectivity index (χ0v) is 11.0. The number of ether oxygens (including phenoxy) is 2. The van der Waals surface area contributed by atoms with E-state index < -0.39 is 6.30 Å². The standard InChI is InChI=1S/C14H19FN2O2/c1-18-9-11-6-10-7-16-8-14(15)17(10)12-4-2-3-5-13(12)19-11/h2-5,10-11,14,16H,6-9H2,1H3. The van der Waals surface area contributed by atoms with Crippen molar-refractivity contribution in [3.63, 3.8) is 0 Å². The number of rotatable bonds is 2. The minimum atomic E-state index is -1.01. The van der Waals surface area contributed by atoms with Crippen molar-refractivity contribution >= 4 is 5.69 Å². The van der Waals surface area contributed by atoms with Crippen molar-refractivity contribution in [2.24, 2.45) is 0 Å². The van der Waals surface area contributed by atoms with E-state index in [4.69, 9.17) is 9.47 Å². The van der Waals surface area contributed by atoms with Gasteiger partial charge in [-0.1, -0.05) is 12.1 Å². The molecule has 1 N–H and O–H groups in total. The van der Waals surface area contributed by atoms with Crippen molar-refractivity contribution in [2.45, 2.75) is 24.9 Å². The molecule has 0 saturated carbocycles. The second kappa shape index (κ2) is 5.35. The highest BCUT2D eigenvalue weighted by Crippen LogP contribution is 2.37. The summed E-state index contributed by atoms with van der Waals surface area (Å²) in [5, 5.41) is 3.14. The third-order valence-corrected chi connectivity index (χ3v) is 3.71. The molecule has 3 unspecified atom stereocenters. The Hall–Kier alpha value is -1.33. The van der Waals surface area contributed by atoms with Crippen molar-refractivity contribution in [1.29, 1.82) is 0 Å². The lowest BCUT2D eigenvalue weighted by Crippen LogP contribution is -2.56. The van der Waals surface area contributed by atoms with Crippen LogP contribution in [0.15, 0.2) is 24.3 Å². The zero-order chi connectivity index (χ0) is 13.2. The molecule has 0 spiro atoms. The molecular weight excluding hydrogens is 247 g/mol. The lowest BCUT2D eigenvalue weighted by Gasteiger charge is -2.39. The maximum absolute atomic E-state index is 14.3. The van der Waals surface area contributed by atoms with Crippen molar-refractivity contribution < 1.29 is 13.9 Å². The summed E-state index contributed by atoms with van der Waals surface area (Å²) in [6.07, 6.45) is -0.284. The second-order valence-corrected chi connectivity index (χ2v) is 5.05. The van der Waals surface area contributed by atoms with E-state index in [0.717, 1.165) is 24.4 Å². The van der Waals surface area contributed by atoms with Gasteiger partial charge >= 0.3 is 0 Å². The van der Waals surface area contributed by atoms with Gasteiger partial charge in [-0.05, 0) is 12.1 Å². The number of anilines is 1. The number of methoxy groups -OCH3 is 1. The summed E-state index contributed by atoms with van der Waals surface area (Å²) in [7, 11) is 1.66. The molecule has 19 heavy (non-hydrogen) atoms. The van der Waals surface area contributed by atoms with Crippen LogP contribution in [0.5, 0.6) is 5.75 Å². The summed E-state index contributed by atoms with van der Waals surface area (Å²) in [4.78, 5) is 1.85. The van der Waals surface area contributed by atoms with Gasteiger partial charge in [-0.2, -0.15) is 0 Å². The predicted molar refractivity (Wildman–Crippen MR) is 71.4 cm³/mol. The Morgan fingerprint density at radius 1 is 1.42 bits per heavy atom. The first-order chi connectivity index (χ1) is 9.29. The third kappa shape index (κ3) is 2.40. The van der Waals surface area contributed by atoms with Crippen molar-refractivity contribution in [3.8, 4) is 5.75 Å². The van der Waals surface area contributed by atoms with Gasteiger partial charge in [0, 0.05) is 32.7 Å². The first-order valence-electron chi connectivity index (χ1n) is 6.67. The zero-order valence-electron chi connectivity index (χ0n) is 11.0. The van der Waals surface area contributed by atoms with E-state index in [0.29, 0.717) is 13.2 Å². The first kappa shape index (κ1) is 12.7. The normalized spacial score (nSPS) is 30.0. The second-order valence-electron chi connectivity index (χ2n) is 5.05. The summed E-state index contributed by atoms with van der Waals surface area (Å²) in [6.45, 7) is 1.66. The van der Waals surface area contributed by atoms with Crippen LogP contribution >= 0.6 is 0 Å². The lowest BCUT2D eigenvalue weighted by atomic mass is 10.1. The van der Waals surface area contributed by atoms with Crippen LogP contribution < -0.4 is 15.0 Å². The molecule has 0 radical (unpaired) electrons. The van der Waals surface area contributed by atoms with Crippen LogP contribution in [0.1, 0.15) is 6.42 Å². The monoisotopic (exact) mass is 266 g/mol. The minimum Gasteiger partial charge on any atom is -0.486 e. The van der Waals surface area contributed by atoms with E-state index >= 15 is 0 Å². The molecule has 1 saturated heterocycles. The molecule has 0 amide bonds. The van der Waals surface area contributed by atoms with Crippen LogP contribution in [0.2, 0.25) is 0 Å². The summed E-state index contributed by atoms with van der Waals surface area (Å²) >= 11 is 0. The molecule has 2 aliphatic rings. The average Bonchev–Trinajstić information content (AvgIpc) is 2.56. The van der Waals surface area contributed by atoms with Crippen LogP contribution in [0, 0.1) is 0 Å². The molecule has 2 heterocycles. The van der Waals surface area contributed by atoms with Crippen LogP contribution in [-0.2, 0) is 4.74 Å². The topological polar surface area (TPSA) is 33.7 Å². The molecule has 0 aromatic heterocycles. The predicted octanol–water partition coefficient (Wildman–Crippen LogP) is 1.56. The highest BCUT2D eigenvalue weighted by molar-refractivity contribution is 5.60. The number of para-hydroxylation sites is 2. The van der Waals surface area contributed by atoms with Crippen LogP contribution in [0.25, 0.3) is 0 Å². The fraction of sp³-hybridized carbons (Fsp3) is 0.571. The van der Waals surface area contributed by atoms with Gasteiger partial charge in [0.15, 0.2) is 6.30 Å². The van der Waals surface area contributed by atoms with Crippen molar-refractivity contribution in [2.75, 3.05) is 31.7 Å². The molecule has 3 rings (SSSR count). The Morgan fingerprint density at radius 2 is 2.26 bits per heavy atom. The molecule has 2 aliphatic heterocycles. The van der Waals surface area contributed by atoms with Gasteiger partial charge in [0.25, 0.3) is 0 Å². The Bertz CT molecular complexity index is 443. The average molecular weight is 266 g/mol. The number of benzene rings is 1. The number of hydrogen-bond acceptors (Lipinski definition) is 4. The first-order valence-corrected chi connectivity index (χ1v) is 6.67. The van der Waals surface area contributed by atoms with Gasteiger partial charge in [-0.3, -0.25) is 0 Å². The minimum absolute atomic E-state index is 0.0340. The van der Waals surface area contributed by atoms with Crippen LogP contribution in [0.3, 0.4) is 0 Å². The third-order valence-electron chi connectivity index (χ3n) is 3.71. The number of piperazine rings is 1. The van der Waals surface area contributed by atoms with Gasteiger partial charge < -0.3 is 19.7 Å². The van der Waals surface area contributed by atoms with Gasteiger partial charge in [-0.25, -0.2) is 4.39 Å². The van der Waals surface area contributed by atoms with E-state index in [1.54, 1.807) is 7.11 Å². The number of hydrogen-bond donors (Lipinski definition) is 1. The maximum atomic E-state index is 14.3. The Morgan fingerprint density at radius 3 is 3.11 bits per heavy atom. The molecule has 1 fully saturated rings. The number of alkyl halides is 1. The summed E-state index contributed by atoms with van der Waals surface area (Å²) in [6, 6.07) is 7.76. The number of nitrogens with one attached hydrogen (secondary N) is 1. The summed E-state index contributed by atoms with van der Waals surface area (Å²) in [5.41, 5.74) is 0.847. The molecule has 0 bridgehead atoms. The SMILES string of the molecule is COCC1CC2CNCC(F)N2c2ccccc2O1. The largest absolute Gasteiger partial charge is 0.486 e. The quantitative estimate of drug-likeness (QED) is 0.824. The summed E-state index contributed by atoms with van der Waals surface area (Å²) in [5.74, 6) is 0.747. The highest BCUT2D eigenvalue weighted by atomic mass is 19.1. The molecule has 104 valence electrons. The van der Waals surface area contributed by atoms with Gasteiger partial charge in [0.1, 0.15) is 11.9 Å². The number of halogens is 1. The van der Waals surface area contributed by atoms with E-state index in [2.05, 4.69) is 5.32 Å². The van der Waals surface area contributed by atoms with E-state index in [1.807, 2.05) is 29.2 Å². The highest BCUT2D eigenvalue weighted by Gasteiger charge is 2.36. The van der Waals surface area contributed by atoms with Crippen LogP contribution in [0.4, 0.5) is 10.1 Å². The lowest BCUT2D eigenvalue weighted by molar-refractivity contribution is 0.0727. The van der Waals surface area contributed by atoms with Gasteiger partial charge in [-0.15, -0.1) is 0 Å². The smallest absolute Gasteiger partial charge is 0.185 e. The Labute approximate surface area is 112 Å². The summed E-state index contributed by atoms with van der Waals surface area (Å²) < 4.78 is 25.4. The molecule has 4 nitrogen and oxygen atoms in total. The molecule has 1 aromatic carbocycles. The van der Waals surface area contributed by atoms with E-state index in [1.165, 1.54) is 0 Å². The molecule has 0 aliphatic carbocycles. The van der Waals surface area contributed by atoms with E-state index in [9.17, 15) is 4.39 Å². The van der Waals surface area contributed by atoms with Gasteiger partial charge in [0.05, 0.1) is 12.3 Å². The van der Waals surface area contributed by atoms with E-state index in [-0.39, 0.29) is 12.1 Å². The molecular formula is C14H19FN2O2. The Balaban J connectivity index is 1.97.